The molecular formula is C24H14BrClF3N3O5. The molecule has 37 heavy (non-hydrogen) atoms. The molecule has 0 unspecified atom stereocenters. The van der Waals surface area contributed by atoms with Crippen molar-refractivity contribution >= 4 is 50.9 Å². The summed E-state index contributed by atoms with van der Waals surface area (Å²) in [6.45, 7) is 0. The zero-order valence-electron chi connectivity index (χ0n) is 18.6. The first-order chi connectivity index (χ1) is 17.4. The molecule has 0 aliphatic carbocycles. The predicted molar refractivity (Wildman–Crippen MR) is 133 cm³/mol. The van der Waals surface area contributed by atoms with Crippen LogP contribution in [-0.2, 0) is 11.0 Å². The normalized spacial score (nSPS) is 11.4. The van der Waals surface area contributed by atoms with Gasteiger partial charge in [0.05, 0.1) is 22.1 Å². The second-order valence-electron chi connectivity index (χ2n) is 7.20. The molecule has 1 amide bonds. The third-order valence-corrected chi connectivity index (χ3v) is 5.57. The fourth-order valence-corrected chi connectivity index (χ4v) is 3.67. The molecule has 0 atom stereocenters. The van der Waals surface area contributed by atoms with E-state index in [2.05, 4.69) is 21.2 Å². The lowest BCUT2D eigenvalue weighted by Crippen LogP contribution is -2.13. The average Bonchev–Trinajstić information content (AvgIpc) is 2.84. The van der Waals surface area contributed by atoms with E-state index in [9.17, 15) is 33.3 Å². The molecule has 0 aliphatic heterocycles. The van der Waals surface area contributed by atoms with E-state index in [0.717, 1.165) is 6.07 Å². The lowest BCUT2D eigenvalue weighted by Gasteiger charge is -2.14. The molecule has 0 spiro atoms. The van der Waals surface area contributed by atoms with Gasteiger partial charge in [0.15, 0.2) is 11.5 Å². The van der Waals surface area contributed by atoms with Gasteiger partial charge in [-0.3, -0.25) is 14.9 Å². The monoisotopic (exact) mass is 595 g/mol. The maximum absolute atomic E-state index is 13.0. The number of alkyl halides is 3. The Morgan fingerprint density at radius 3 is 2.41 bits per heavy atom. The van der Waals surface area contributed by atoms with Crippen LogP contribution in [0.3, 0.4) is 0 Å². The van der Waals surface area contributed by atoms with Gasteiger partial charge in [-0.15, -0.1) is 0 Å². The van der Waals surface area contributed by atoms with Crippen LogP contribution < -0.4 is 14.8 Å². The second kappa shape index (κ2) is 11.3. The first-order valence-electron chi connectivity index (χ1n) is 10.0. The van der Waals surface area contributed by atoms with Gasteiger partial charge >= 0.3 is 11.9 Å². The number of nitro benzene ring substituents is 1. The van der Waals surface area contributed by atoms with Gasteiger partial charge in [-0.1, -0.05) is 11.6 Å². The minimum absolute atomic E-state index is 0.0187. The van der Waals surface area contributed by atoms with Gasteiger partial charge in [0.2, 0.25) is 5.75 Å². The van der Waals surface area contributed by atoms with Crippen LogP contribution in [0.15, 0.2) is 64.6 Å². The van der Waals surface area contributed by atoms with E-state index < -0.39 is 34.0 Å². The maximum Gasteiger partial charge on any atom is 0.416 e. The largest absolute Gasteiger partial charge is 0.493 e. The molecule has 0 saturated carbocycles. The van der Waals surface area contributed by atoms with E-state index in [1.165, 1.54) is 25.3 Å². The Bertz CT molecular complexity index is 1440. The summed E-state index contributed by atoms with van der Waals surface area (Å²) < 4.78 is 50.0. The zero-order valence-corrected chi connectivity index (χ0v) is 20.9. The molecule has 1 N–H and O–H groups in total. The summed E-state index contributed by atoms with van der Waals surface area (Å²) in [5.74, 6) is -1.21. The summed E-state index contributed by atoms with van der Waals surface area (Å²) in [4.78, 5) is 22.9. The van der Waals surface area contributed by atoms with Gasteiger partial charge in [0.1, 0.15) is 11.6 Å². The first-order valence-corrected chi connectivity index (χ1v) is 11.2. The van der Waals surface area contributed by atoms with Crippen LogP contribution in [-0.4, -0.2) is 17.9 Å². The summed E-state index contributed by atoms with van der Waals surface area (Å²) >= 11 is 9.05. The summed E-state index contributed by atoms with van der Waals surface area (Å²) in [6.07, 6.45) is -3.52. The number of benzene rings is 3. The third kappa shape index (κ3) is 6.78. The summed E-state index contributed by atoms with van der Waals surface area (Å²) in [5, 5.41) is 23.9. The number of methoxy groups -OCH3 is 1. The number of nitrogens with zero attached hydrogens (tertiary/aromatic N) is 2. The molecule has 0 aromatic heterocycles. The van der Waals surface area contributed by atoms with Crippen LogP contribution >= 0.6 is 27.5 Å². The number of hydrogen-bond acceptors (Lipinski definition) is 6. The molecule has 0 bridgehead atoms. The number of rotatable bonds is 7. The van der Waals surface area contributed by atoms with E-state index in [-0.39, 0.29) is 21.5 Å². The van der Waals surface area contributed by atoms with E-state index in [1.807, 2.05) is 0 Å². The highest BCUT2D eigenvalue weighted by atomic mass is 79.9. The van der Waals surface area contributed by atoms with Crippen molar-refractivity contribution in [3.8, 4) is 23.3 Å². The number of amides is 1. The quantitative estimate of drug-likeness (QED) is 0.132. The number of ether oxygens (including phenoxy) is 2. The highest BCUT2D eigenvalue weighted by molar-refractivity contribution is 9.10. The van der Waals surface area contributed by atoms with Gasteiger partial charge in [-0.05, 0) is 76.1 Å². The van der Waals surface area contributed by atoms with E-state index in [1.54, 1.807) is 30.3 Å². The minimum Gasteiger partial charge on any atom is -0.493 e. The van der Waals surface area contributed by atoms with Gasteiger partial charge in [0, 0.05) is 16.8 Å². The van der Waals surface area contributed by atoms with Gasteiger partial charge in [0.25, 0.3) is 5.91 Å². The SMILES string of the molecule is COc1cc(/C=C(\C#N)C(=O)Nc2ccc(Cl)cc2)cc(Br)c1Oc1ccc(C(F)(F)F)cc1[N+](=O)[O-]. The van der Waals surface area contributed by atoms with Crippen molar-refractivity contribution in [2.75, 3.05) is 12.4 Å². The summed E-state index contributed by atoms with van der Waals surface area (Å²) in [6, 6.07) is 12.7. The number of nitriles is 1. The molecule has 190 valence electrons. The third-order valence-electron chi connectivity index (χ3n) is 4.72. The van der Waals surface area contributed by atoms with Crippen molar-refractivity contribution in [1.29, 1.82) is 5.26 Å². The van der Waals surface area contributed by atoms with Crippen molar-refractivity contribution in [3.63, 3.8) is 0 Å². The van der Waals surface area contributed by atoms with Crippen molar-refractivity contribution in [2.45, 2.75) is 6.18 Å². The van der Waals surface area contributed by atoms with Crippen molar-refractivity contribution in [3.05, 3.63) is 90.9 Å². The van der Waals surface area contributed by atoms with E-state index in [4.69, 9.17) is 21.1 Å². The fourth-order valence-electron chi connectivity index (χ4n) is 3.00. The Morgan fingerprint density at radius 2 is 1.84 bits per heavy atom. The molecule has 3 rings (SSSR count). The Labute approximate surface area is 221 Å². The second-order valence-corrected chi connectivity index (χ2v) is 8.50. The van der Waals surface area contributed by atoms with Gasteiger partial charge < -0.3 is 14.8 Å². The summed E-state index contributed by atoms with van der Waals surface area (Å²) in [5.41, 5.74) is -1.63. The zero-order chi connectivity index (χ0) is 27.3. The molecular weight excluding hydrogens is 583 g/mol. The van der Waals surface area contributed by atoms with Crippen LogP contribution in [0.25, 0.3) is 6.08 Å². The number of nitrogens with one attached hydrogen (secondary N) is 1. The van der Waals surface area contributed by atoms with Crippen molar-refractivity contribution in [2.24, 2.45) is 0 Å². The van der Waals surface area contributed by atoms with Crippen LogP contribution in [0.4, 0.5) is 24.5 Å². The number of anilines is 1. The van der Waals surface area contributed by atoms with E-state index >= 15 is 0 Å². The average molecular weight is 597 g/mol. The molecule has 8 nitrogen and oxygen atoms in total. The number of hydrogen-bond donors (Lipinski definition) is 1. The molecule has 13 heteroatoms. The lowest BCUT2D eigenvalue weighted by molar-refractivity contribution is -0.385. The highest BCUT2D eigenvalue weighted by Gasteiger charge is 2.33. The molecule has 0 saturated heterocycles. The van der Waals surface area contributed by atoms with Gasteiger partial charge in [-0.2, -0.15) is 18.4 Å². The minimum atomic E-state index is -4.78. The van der Waals surface area contributed by atoms with Crippen molar-refractivity contribution < 1.29 is 32.4 Å². The number of nitro groups is 1. The Hall–Kier alpha value is -4.08. The Morgan fingerprint density at radius 1 is 1.16 bits per heavy atom. The fraction of sp³-hybridized carbons (Fsp3) is 0.0833. The molecule has 3 aromatic rings. The number of carbonyl (C=O) groups is 1. The van der Waals surface area contributed by atoms with Crippen LogP contribution in [0.2, 0.25) is 5.02 Å². The number of carbonyl (C=O) groups excluding carboxylic acids is 1. The van der Waals surface area contributed by atoms with Crippen LogP contribution in [0, 0.1) is 21.4 Å². The smallest absolute Gasteiger partial charge is 0.416 e. The van der Waals surface area contributed by atoms with Crippen molar-refractivity contribution in [1.82, 2.24) is 0 Å². The first kappa shape index (κ1) is 27.5. The Balaban J connectivity index is 1.94. The molecule has 0 aliphatic rings. The standard InChI is InChI=1S/C24H14BrClF3N3O5/c1-36-21-10-13(8-14(12-30)23(33)31-17-5-3-16(26)4-6-17)9-18(25)22(21)37-20-7-2-15(24(27,28)29)11-19(20)32(34)35/h2-11H,1H3,(H,31,33)/b14-8+. The van der Waals surface area contributed by atoms with Crippen LogP contribution in [0.5, 0.6) is 17.2 Å². The molecule has 0 radical (unpaired) electrons. The maximum atomic E-state index is 13.0. The predicted octanol–water partition coefficient (Wildman–Crippen LogP) is 7.38. The van der Waals surface area contributed by atoms with Crippen LogP contribution in [0.1, 0.15) is 11.1 Å². The summed E-state index contributed by atoms with van der Waals surface area (Å²) in [7, 11) is 1.27. The topological polar surface area (TPSA) is 114 Å². The van der Waals surface area contributed by atoms with Gasteiger partial charge in [-0.25, -0.2) is 0 Å². The lowest BCUT2D eigenvalue weighted by atomic mass is 10.1. The highest BCUT2D eigenvalue weighted by Crippen LogP contribution is 2.44. The Kier molecular flexibility index (Phi) is 8.42. The molecule has 3 aromatic carbocycles. The van der Waals surface area contributed by atoms with E-state index in [0.29, 0.717) is 28.4 Å². The number of halogens is 5. The molecule has 0 fully saturated rings. The molecule has 0 heterocycles.